The highest BCUT2D eigenvalue weighted by molar-refractivity contribution is 5.91. The van der Waals surface area contributed by atoms with E-state index < -0.39 is 11.7 Å². The van der Waals surface area contributed by atoms with Gasteiger partial charge in [-0.05, 0) is 67.1 Å². The zero-order chi connectivity index (χ0) is 28.7. The Morgan fingerprint density at radius 2 is 1.90 bits per heavy atom. The van der Waals surface area contributed by atoms with E-state index in [9.17, 15) is 9.18 Å². The summed E-state index contributed by atoms with van der Waals surface area (Å²) in [6.07, 6.45) is 8.37. The number of nitrogens with one attached hydrogen (secondary N) is 2. The van der Waals surface area contributed by atoms with Gasteiger partial charge in [0.05, 0.1) is 23.3 Å². The highest BCUT2D eigenvalue weighted by Crippen LogP contribution is 2.32. The molecule has 4 heterocycles. The predicted octanol–water partition coefficient (Wildman–Crippen LogP) is 4.07. The van der Waals surface area contributed by atoms with Crippen molar-refractivity contribution in [1.29, 1.82) is 0 Å². The Morgan fingerprint density at radius 1 is 1.02 bits per heavy atom. The summed E-state index contributed by atoms with van der Waals surface area (Å²) in [7, 11) is 0. The molecule has 0 atom stereocenters. The largest absolute Gasteiger partial charge is 0.448 e. The van der Waals surface area contributed by atoms with Gasteiger partial charge < -0.3 is 19.6 Å². The third-order valence-electron chi connectivity index (χ3n) is 7.04. The number of hydrogen-bond acceptors (Lipinski definition) is 7. The number of halogens is 1. The van der Waals surface area contributed by atoms with Gasteiger partial charge >= 0.3 is 0 Å². The summed E-state index contributed by atoms with van der Waals surface area (Å²) in [6, 6.07) is 14.7. The lowest BCUT2D eigenvalue weighted by Gasteiger charge is -2.09. The van der Waals surface area contributed by atoms with E-state index in [0.717, 1.165) is 53.5 Å². The number of nitrogens with zero attached hydrogens (tertiary/aromatic N) is 5. The van der Waals surface area contributed by atoms with Crippen molar-refractivity contribution >= 4 is 16.9 Å². The summed E-state index contributed by atoms with van der Waals surface area (Å²) in [4.78, 5) is 29.8. The third-order valence-corrected chi connectivity index (χ3v) is 7.04. The Balaban J connectivity index is 1.02. The van der Waals surface area contributed by atoms with E-state index in [1.807, 2.05) is 24.3 Å². The monoisotopic (exact) mass is 563 g/mol. The zero-order valence-corrected chi connectivity index (χ0v) is 23.0. The highest BCUT2D eigenvalue weighted by Gasteiger charge is 2.24. The van der Waals surface area contributed by atoms with Crippen LogP contribution in [0.1, 0.15) is 52.0 Å². The summed E-state index contributed by atoms with van der Waals surface area (Å²) < 4.78 is 21.5. The van der Waals surface area contributed by atoms with E-state index in [-0.39, 0.29) is 17.9 Å². The summed E-state index contributed by atoms with van der Waals surface area (Å²) in [5, 5.41) is 6.05. The molecule has 0 bridgehead atoms. The van der Waals surface area contributed by atoms with Crippen LogP contribution in [-0.2, 0) is 25.9 Å². The smallest absolute Gasteiger partial charge is 0.273 e. The van der Waals surface area contributed by atoms with Crippen molar-refractivity contribution in [3.8, 4) is 11.8 Å². The van der Waals surface area contributed by atoms with Crippen LogP contribution in [0, 0.1) is 23.6 Å². The molecule has 42 heavy (non-hydrogen) atoms. The van der Waals surface area contributed by atoms with Crippen molar-refractivity contribution < 1.29 is 13.6 Å². The lowest BCUT2D eigenvalue weighted by atomic mass is 10.2. The summed E-state index contributed by atoms with van der Waals surface area (Å²) in [6.45, 7) is 2.33. The van der Waals surface area contributed by atoms with Crippen LogP contribution in [0.2, 0.25) is 0 Å². The van der Waals surface area contributed by atoms with Crippen LogP contribution in [0.3, 0.4) is 0 Å². The fourth-order valence-corrected chi connectivity index (χ4v) is 4.64. The number of rotatable bonds is 11. The second-order valence-electron chi connectivity index (χ2n) is 10.2. The second-order valence-corrected chi connectivity index (χ2v) is 10.2. The molecule has 0 saturated heterocycles. The maximum Gasteiger partial charge on any atom is 0.273 e. The molecule has 0 aliphatic heterocycles. The quantitative estimate of drug-likeness (QED) is 0.184. The van der Waals surface area contributed by atoms with Gasteiger partial charge in [0.2, 0.25) is 0 Å². The van der Waals surface area contributed by atoms with Gasteiger partial charge in [-0.1, -0.05) is 12.0 Å². The number of fused-ring (bicyclic) bond motifs is 1. The maximum atomic E-state index is 13.7. The molecule has 0 radical (unpaired) electrons. The average Bonchev–Trinajstić information content (AvgIpc) is 3.60. The Hall–Kier alpha value is -4.88. The molecule has 2 N–H and O–H groups in total. The number of pyridine rings is 2. The first-order chi connectivity index (χ1) is 20.6. The average molecular weight is 564 g/mol. The second kappa shape index (κ2) is 12.7. The molecule has 5 aromatic rings. The van der Waals surface area contributed by atoms with Crippen molar-refractivity contribution in [2.75, 3.05) is 13.1 Å². The van der Waals surface area contributed by atoms with Crippen LogP contribution in [0.4, 0.5) is 4.39 Å². The lowest BCUT2D eigenvalue weighted by Crippen LogP contribution is -2.24. The van der Waals surface area contributed by atoms with Crippen LogP contribution in [0.25, 0.3) is 11.0 Å². The van der Waals surface area contributed by atoms with Crippen LogP contribution >= 0.6 is 0 Å². The molecule has 4 aromatic heterocycles. The first kappa shape index (κ1) is 27.3. The van der Waals surface area contributed by atoms with E-state index >= 15 is 0 Å². The van der Waals surface area contributed by atoms with Gasteiger partial charge in [-0.25, -0.2) is 19.3 Å². The van der Waals surface area contributed by atoms with E-state index in [4.69, 9.17) is 9.40 Å². The number of carbonyl (C=O) groups excluding carboxylic acids is 1. The van der Waals surface area contributed by atoms with Gasteiger partial charge in [-0.3, -0.25) is 9.78 Å². The number of hydrogen-bond donors (Lipinski definition) is 2. The third kappa shape index (κ3) is 6.87. The lowest BCUT2D eigenvalue weighted by molar-refractivity contribution is 0.0945. The van der Waals surface area contributed by atoms with Crippen LogP contribution < -0.4 is 10.6 Å². The first-order valence-corrected chi connectivity index (χ1v) is 14.1. The molecule has 1 amide bonds. The molecule has 212 valence electrons. The standard InChI is InChI=1S/C32H30FN7O2/c33-25-5-3-15-36-27(25)19-37-32(41)28-21-42-31(39-28)13-17-34-16-12-30-38-26-18-22(8-10-24-4-1-2-14-35-24)9-11-29(26)40(30)20-23-6-7-23/h1-5,9,11,14-15,18,21,23,34H,6-7,12-13,16-17,19-20H2,(H,37,41). The van der Waals surface area contributed by atoms with E-state index in [0.29, 0.717) is 18.9 Å². The van der Waals surface area contributed by atoms with Crippen molar-refractivity contribution in [3.05, 3.63) is 107 Å². The fourth-order valence-electron chi connectivity index (χ4n) is 4.64. The minimum absolute atomic E-state index is 0.0271. The van der Waals surface area contributed by atoms with Gasteiger partial charge in [0.25, 0.3) is 5.91 Å². The molecule has 1 aliphatic rings. The molecule has 0 spiro atoms. The molecule has 0 unspecified atom stereocenters. The van der Waals surface area contributed by atoms with Crippen molar-refractivity contribution in [2.24, 2.45) is 5.92 Å². The van der Waals surface area contributed by atoms with Gasteiger partial charge in [-0.15, -0.1) is 0 Å². The highest BCUT2D eigenvalue weighted by atomic mass is 19.1. The topological polar surface area (TPSA) is 111 Å². The van der Waals surface area contributed by atoms with Crippen LogP contribution in [-0.4, -0.2) is 43.5 Å². The summed E-state index contributed by atoms with van der Waals surface area (Å²) in [5.74, 6) is 7.64. The molecule has 1 aromatic carbocycles. The van der Waals surface area contributed by atoms with E-state index in [1.165, 1.54) is 37.4 Å². The number of aromatic nitrogens is 5. The first-order valence-electron chi connectivity index (χ1n) is 14.1. The number of imidazole rings is 1. The number of carbonyl (C=O) groups is 1. The van der Waals surface area contributed by atoms with E-state index in [1.54, 1.807) is 6.20 Å². The van der Waals surface area contributed by atoms with Crippen LogP contribution in [0.5, 0.6) is 0 Å². The Kier molecular flexibility index (Phi) is 8.28. The van der Waals surface area contributed by atoms with E-state index in [2.05, 4.69) is 54.1 Å². The molecule has 1 saturated carbocycles. The number of oxazole rings is 1. The van der Waals surface area contributed by atoms with Gasteiger partial charge in [-0.2, -0.15) is 0 Å². The Bertz CT molecular complexity index is 1750. The molecule has 1 aliphatic carbocycles. The summed E-state index contributed by atoms with van der Waals surface area (Å²) in [5.41, 5.74) is 4.06. The number of benzene rings is 1. The summed E-state index contributed by atoms with van der Waals surface area (Å²) >= 11 is 0. The fraction of sp³-hybridized carbons (Fsp3) is 0.281. The molecule has 1 fully saturated rings. The molecular weight excluding hydrogens is 533 g/mol. The van der Waals surface area contributed by atoms with Crippen molar-refractivity contribution in [3.63, 3.8) is 0 Å². The predicted molar refractivity (Wildman–Crippen MR) is 155 cm³/mol. The van der Waals surface area contributed by atoms with Crippen molar-refractivity contribution in [1.82, 2.24) is 35.1 Å². The molecular formula is C32H30FN7O2. The molecule has 9 nitrogen and oxygen atoms in total. The maximum absolute atomic E-state index is 13.7. The van der Waals surface area contributed by atoms with Gasteiger partial charge in [0.1, 0.15) is 23.6 Å². The normalized spacial score (nSPS) is 12.7. The molecule has 10 heteroatoms. The van der Waals surface area contributed by atoms with Gasteiger partial charge in [0.15, 0.2) is 11.6 Å². The molecule has 6 rings (SSSR count). The van der Waals surface area contributed by atoms with Gasteiger partial charge in [0, 0.05) is 50.4 Å². The number of amides is 1. The minimum atomic E-state index is -0.469. The van der Waals surface area contributed by atoms with Crippen LogP contribution in [0.15, 0.2) is 71.6 Å². The Labute approximate surface area is 242 Å². The Morgan fingerprint density at radius 3 is 2.74 bits per heavy atom. The SMILES string of the molecule is O=C(NCc1ncccc1F)c1coc(CCNCCc2nc3cc(C#Cc4ccccn4)ccc3n2CC2CC2)n1. The minimum Gasteiger partial charge on any atom is -0.448 e. The van der Waals surface area contributed by atoms with Crippen molar-refractivity contribution in [2.45, 2.75) is 38.8 Å². The zero-order valence-electron chi connectivity index (χ0n) is 23.0.